The average molecular weight is 282 g/mol. The quantitative estimate of drug-likeness (QED) is 0.561. The topological polar surface area (TPSA) is 73.7 Å². The zero-order valence-electron chi connectivity index (χ0n) is 12.1. The smallest absolute Gasteiger partial charge is 0.0915 e. The maximum absolute atomic E-state index is 5.79. The number of hydrogen-bond donors (Lipinski definition) is 2. The lowest BCUT2D eigenvalue weighted by atomic mass is 10.1. The molecule has 1 aromatic carbocycles. The molecule has 0 aliphatic carbocycles. The van der Waals surface area contributed by atoms with Crippen molar-refractivity contribution in [2.24, 2.45) is 12.9 Å². The summed E-state index contributed by atoms with van der Waals surface area (Å²) in [5.74, 6) is 5.79. The van der Waals surface area contributed by atoms with Gasteiger partial charge < -0.3 is 0 Å². The first-order chi connectivity index (χ1) is 10.2. The molecule has 0 radical (unpaired) electrons. The molecule has 21 heavy (non-hydrogen) atoms. The van der Waals surface area contributed by atoms with Gasteiger partial charge in [0.05, 0.1) is 23.1 Å². The third-order valence-corrected chi connectivity index (χ3v) is 3.50. The number of nitrogens with zero attached hydrogens (tertiary/aromatic N) is 4. The van der Waals surface area contributed by atoms with E-state index in [0.29, 0.717) is 0 Å². The molecule has 1 atom stereocenters. The molecule has 3 aromatic rings. The molecule has 3 rings (SSSR count). The van der Waals surface area contributed by atoms with E-state index in [1.807, 2.05) is 61.2 Å². The number of aryl methyl sites for hydroxylation is 2. The van der Waals surface area contributed by atoms with Gasteiger partial charge in [-0.3, -0.25) is 10.5 Å². The Bertz CT molecular complexity index is 728. The van der Waals surface area contributed by atoms with Crippen molar-refractivity contribution in [3.05, 3.63) is 65.7 Å². The van der Waals surface area contributed by atoms with Crippen molar-refractivity contribution in [2.45, 2.75) is 13.0 Å². The molecular weight excluding hydrogens is 264 g/mol. The summed E-state index contributed by atoms with van der Waals surface area (Å²) >= 11 is 0. The van der Waals surface area contributed by atoms with Crippen molar-refractivity contribution in [1.82, 2.24) is 25.0 Å². The third kappa shape index (κ3) is 2.46. The molecule has 0 saturated carbocycles. The van der Waals surface area contributed by atoms with Crippen molar-refractivity contribution in [3.8, 4) is 5.69 Å². The molecule has 0 saturated heterocycles. The number of nitrogens with two attached hydrogens (primary N) is 1. The molecule has 2 aromatic heterocycles. The number of aromatic nitrogens is 4. The molecule has 0 fully saturated rings. The summed E-state index contributed by atoms with van der Waals surface area (Å²) in [6, 6.07) is 11.8. The van der Waals surface area contributed by atoms with Gasteiger partial charge in [-0.15, -0.1) is 0 Å². The predicted molar refractivity (Wildman–Crippen MR) is 80.7 cm³/mol. The Morgan fingerprint density at radius 2 is 1.95 bits per heavy atom. The van der Waals surface area contributed by atoms with Crippen molar-refractivity contribution in [1.29, 1.82) is 0 Å². The summed E-state index contributed by atoms with van der Waals surface area (Å²) in [5.41, 5.74) is 6.83. The monoisotopic (exact) mass is 282 g/mol. The van der Waals surface area contributed by atoms with Gasteiger partial charge >= 0.3 is 0 Å². The summed E-state index contributed by atoms with van der Waals surface area (Å²) < 4.78 is 3.68. The maximum atomic E-state index is 5.79. The van der Waals surface area contributed by atoms with Gasteiger partial charge in [0.1, 0.15) is 0 Å². The molecule has 0 aliphatic rings. The van der Waals surface area contributed by atoms with Crippen LogP contribution in [0.2, 0.25) is 0 Å². The summed E-state index contributed by atoms with van der Waals surface area (Å²) in [4.78, 5) is 0. The lowest BCUT2D eigenvalue weighted by molar-refractivity contribution is 0.594. The molecule has 0 spiro atoms. The molecule has 0 bridgehead atoms. The molecule has 0 amide bonds. The normalized spacial score (nSPS) is 12.5. The van der Waals surface area contributed by atoms with Gasteiger partial charge in [0.15, 0.2) is 0 Å². The highest BCUT2D eigenvalue weighted by atomic mass is 15.3. The van der Waals surface area contributed by atoms with Gasteiger partial charge in [-0.1, -0.05) is 18.2 Å². The summed E-state index contributed by atoms with van der Waals surface area (Å²) in [6.45, 7) is 1.98. The Hall–Kier alpha value is -2.44. The highest BCUT2D eigenvalue weighted by molar-refractivity contribution is 5.36. The number of rotatable bonds is 4. The lowest BCUT2D eigenvalue weighted by Gasteiger charge is -2.17. The second kappa shape index (κ2) is 5.51. The van der Waals surface area contributed by atoms with Crippen LogP contribution in [-0.2, 0) is 7.05 Å². The van der Waals surface area contributed by atoms with Gasteiger partial charge in [0.2, 0.25) is 0 Å². The van der Waals surface area contributed by atoms with E-state index in [0.717, 1.165) is 22.6 Å². The average Bonchev–Trinajstić information content (AvgIpc) is 3.09. The number of hydrazine groups is 1. The van der Waals surface area contributed by atoms with Gasteiger partial charge in [0.25, 0.3) is 0 Å². The van der Waals surface area contributed by atoms with Gasteiger partial charge in [-0.2, -0.15) is 10.2 Å². The summed E-state index contributed by atoms with van der Waals surface area (Å²) in [5, 5.41) is 8.79. The first kappa shape index (κ1) is 13.5. The first-order valence-electron chi connectivity index (χ1n) is 6.76. The largest absolute Gasteiger partial charge is 0.275 e. The Labute approximate surface area is 123 Å². The molecule has 1 unspecified atom stereocenters. The minimum absolute atomic E-state index is 0.165. The van der Waals surface area contributed by atoms with Gasteiger partial charge in [-0.25, -0.2) is 10.1 Å². The van der Waals surface area contributed by atoms with E-state index < -0.39 is 0 Å². The summed E-state index contributed by atoms with van der Waals surface area (Å²) in [7, 11) is 1.90. The fourth-order valence-corrected chi connectivity index (χ4v) is 2.55. The Kier molecular flexibility index (Phi) is 3.55. The number of hydrogen-bond acceptors (Lipinski definition) is 4. The minimum atomic E-state index is -0.165. The van der Waals surface area contributed by atoms with Crippen LogP contribution in [-0.4, -0.2) is 19.6 Å². The van der Waals surface area contributed by atoms with E-state index >= 15 is 0 Å². The van der Waals surface area contributed by atoms with Crippen molar-refractivity contribution in [2.75, 3.05) is 0 Å². The Balaban J connectivity index is 2.07. The lowest BCUT2D eigenvalue weighted by Crippen LogP contribution is -2.30. The Morgan fingerprint density at radius 3 is 2.57 bits per heavy atom. The van der Waals surface area contributed by atoms with Crippen LogP contribution in [0.4, 0.5) is 0 Å². The third-order valence-electron chi connectivity index (χ3n) is 3.50. The SMILES string of the molecule is Cc1nn(C)cc1C(NN)c1ccnn1-c1ccccc1. The van der Waals surface area contributed by atoms with Crippen LogP contribution in [0.5, 0.6) is 0 Å². The second-order valence-electron chi connectivity index (χ2n) is 4.95. The molecule has 3 N–H and O–H groups in total. The van der Waals surface area contributed by atoms with Crippen LogP contribution < -0.4 is 11.3 Å². The summed E-state index contributed by atoms with van der Waals surface area (Å²) in [6.07, 6.45) is 3.75. The van der Waals surface area contributed by atoms with E-state index in [9.17, 15) is 0 Å². The van der Waals surface area contributed by atoms with Crippen molar-refractivity contribution < 1.29 is 0 Å². The number of benzene rings is 1. The zero-order chi connectivity index (χ0) is 14.8. The van der Waals surface area contributed by atoms with E-state index in [-0.39, 0.29) is 6.04 Å². The zero-order valence-corrected chi connectivity index (χ0v) is 12.1. The predicted octanol–water partition coefficient (Wildman–Crippen LogP) is 1.47. The number of para-hydroxylation sites is 1. The highest BCUT2D eigenvalue weighted by Gasteiger charge is 2.21. The highest BCUT2D eigenvalue weighted by Crippen LogP contribution is 2.25. The van der Waals surface area contributed by atoms with Crippen LogP contribution in [0.3, 0.4) is 0 Å². The van der Waals surface area contributed by atoms with Crippen LogP contribution in [0.1, 0.15) is 23.0 Å². The molecule has 2 heterocycles. The molecule has 6 heteroatoms. The maximum Gasteiger partial charge on any atom is 0.0915 e. The van der Waals surface area contributed by atoms with Gasteiger partial charge in [0, 0.05) is 25.0 Å². The molecule has 6 nitrogen and oxygen atoms in total. The van der Waals surface area contributed by atoms with Crippen molar-refractivity contribution in [3.63, 3.8) is 0 Å². The first-order valence-corrected chi connectivity index (χ1v) is 6.76. The second-order valence-corrected chi connectivity index (χ2v) is 4.95. The molecular formula is C15H18N6. The van der Waals surface area contributed by atoms with Crippen LogP contribution in [0.25, 0.3) is 5.69 Å². The fraction of sp³-hybridized carbons (Fsp3) is 0.200. The van der Waals surface area contributed by atoms with Crippen LogP contribution in [0.15, 0.2) is 48.8 Å². The van der Waals surface area contributed by atoms with Crippen molar-refractivity contribution >= 4 is 0 Å². The van der Waals surface area contributed by atoms with Crippen LogP contribution in [0, 0.1) is 6.92 Å². The minimum Gasteiger partial charge on any atom is -0.275 e. The van der Waals surface area contributed by atoms with E-state index in [1.165, 1.54) is 0 Å². The standard InChI is InChI=1S/C15H18N6/c1-11-13(10-20(2)19-11)15(18-16)14-8-9-17-21(14)12-6-4-3-5-7-12/h3-10,15,18H,16H2,1-2H3. The fourth-order valence-electron chi connectivity index (χ4n) is 2.55. The van der Waals surface area contributed by atoms with Crippen LogP contribution >= 0.6 is 0 Å². The van der Waals surface area contributed by atoms with E-state index in [2.05, 4.69) is 15.6 Å². The number of nitrogens with one attached hydrogen (secondary N) is 1. The van der Waals surface area contributed by atoms with Gasteiger partial charge in [-0.05, 0) is 25.1 Å². The Morgan fingerprint density at radius 1 is 1.19 bits per heavy atom. The molecule has 108 valence electrons. The van der Waals surface area contributed by atoms with E-state index in [1.54, 1.807) is 10.9 Å². The molecule has 0 aliphatic heterocycles. The van der Waals surface area contributed by atoms with E-state index in [4.69, 9.17) is 5.84 Å².